The molecule has 0 spiro atoms. The predicted octanol–water partition coefficient (Wildman–Crippen LogP) is 2.69. The van der Waals surface area contributed by atoms with Gasteiger partial charge in [0.2, 0.25) is 0 Å². The molecule has 0 radical (unpaired) electrons. The summed E-state index contributed by atoms with van der Waals surface area (Å²) in [6, 6.07) is 3.78. The lowest BCUT2D eigenvalue weighted by Gasteiger charge is -2.18. The molecule has 118 valence electrons. The highest BCUT2D eigenvalue weighted by atomic mass is 32.2. The summed E-state index contributed by atoms with van der Waals surface area (Å²) >= 11 is 1.38. The summed E-state index contributed by atoms with van der Waals surface area (Å²) in [5.41, 5.74) is -1.41. The van der Waals surface area contributed by atoms with Crippen molar-refractivity contribution in [2.75, 3.05) is 5.75 Å². The van der Waals surface area contributed by atoms with Crippen LogP contribution in [0.1, 0.15) is 17.7 Å². The Morgan fingerprint density at radius 3 is 2.74 bits per heavy atom. The molecule has 0 saturated carbocycles. The summed E-state index contributed by atoms with van der Waals surface area (Å²) in [4.78, 5) is 20.0. The van der Waals surface area contributed by atoms with Crippen molar-refractivity contribution in [3.05, 3.63) is 39.9 Å². The van der Waals surface area contributed by atoms with Crippen LogP contribution in [0.2, 0.25) is 0 Å². The Kier molecular flexibility index (Phi) is 3.85. The van der Waals surface area contributed by atoms with Gasteiger partial charge in [-0.3, -0.25) is 14.3 Å². The largest absolute Gasteiger partial charge is 0.433 e. The molecule has 2 aromatic rings. The monoisotopic (exact) mass is 338 g/mol. The lowest BCUT2D eigenvalue weighted by atomic mass is 10.1. The predicted molar refractivity (Wildman–Crippen MR) is 76.8 cm³/mol. The maximum atomic E-state index is 12.6. The fraction of sp³-hybridized carbons (Fsp3) is 0.286. The average molecular weight is 338 g/mol. The molecule has 0 N–H and O–H groups in total. The third-order valence-corrected chi connectivity index (χ3v) is 4.39. The van der Waals surface area contributed by atoms with Crippen LogP contribution in [0.25, 0.3) is 11.3 Å². The lowest BCUT2D eigenvalue weighted by molar-refractivity contribution is -0.141. The van der Waals surface area contributed by atoms with E-state index in [0.29, 0.717) is 11.7 Å². The average Bonchev–Trinajstić information content (AvgIpc) is 2.54. The van der Waals surface area contributed by atoms with E-state index in [1.54, 1.807) is 6.07 Å². The molecular weight excluding hydrogens is 329 g/mol. The molecule has 23 heavy (non-hydrogen) atoms. The molecule has 0 amide bonds. The van der Waals surface area contributed by atoms with E-state index in [1.165, 1.54) is 22.4 Å². The number of thioether (sulfide) groups is 1. The molecule has 5 nitrogen and oxygen atoms in total. The van der Waals surface area contributed by atoms with Crippen LogP contribution in [-0.4, -0.2) is 20.3 Å². The number of pyridine rings is 1. The molecule has 2 aromatic heterocycles. The van der Waals surface area contributed by atoms with Crippen LogP contribution in [0.3, 0.4) is 0 Å². The van der Waals surface area contributed by atoms with Crippen LogP contribution in [0.4, 0.5) is 13.2 Å². The van der Waals surface area contributed by atoms with Crippen molar-refractivity contribution in [1.29, 1.82) is 5.26 Å². The third kappa shape index (κ3) is 2.82. The highest BCUT2D eigenvalue weighted by molar-refractivity contribution is 7.99. The van der Waals surface area contributed by atoms with Crippen molar-refractivity contribution in [2.45, 2.75) is 24.3 Å². The van der Waals surface area contributed by atoms with E-state index in [2.05, 4.69) is 9.97 Å². The van der Waals surface area contributed by atoms with Crippen molar-refractivity contribution in [3.63, 3.8) is 0 Å². The molecule has 0 fully saturated rings. The second-order valence-corrected chi connectivity index (χ2v) is 5.88. The van der Waals surface area contributed by atoms with Gasteiger partial charge in [-0.25, -0.2) is 4.98 Å². The summed E-state index contributed by atoms with van der Waals surface area (Å²) < 4.78 is 39.1. The molecule has 3 rings (SSSR count). The van der Waals surface area contributed by atoms with Gasteiger partial charge in [0, 0.05) is 24.1 Å². The standard InChI is InChI=1S/C14H9F3N4OS/c15-14(16,17)10-3-2-8(7-19-10)11-9(6-18)12(22)21-4-1-5-23-13(21)20-11/h2-3,7H,1,4-5H2. The van der Waals surface area contributed by atoms with Gasteiger partial charge in [0.1, 0.15) is 17.3 Å². The molecule has 0 saturated heterocycles. The van der Waals surface area contributed by atoms with Crippen LogP contribution >= 0.6 is 11.8 Å². The van der Waals surface area contributed by atoms with E-state index in [1.807, 2.05) is 0 Å². The Morgan fingerprint density at radius 1 is 1.35 bits per heavy atom. The minimum atomic E-state index is -4.55. The fourth-order valence-electron chi connectivity index (χ4n) is 2.24. The van der Waals surface area contributed by atoms with Crippen LogP contribution in [-0.2, 0) is 12.7 Å². The number of nitrogens with zero attached hydrogens (tertiary/aromatic N) is 4. The second-order valence-electron chi connectivity index (χ2n) is 4.82. The SMILES string of the molecule is N#Cc1c(-c2ccc(C(F)(F)F)nc2)nc2n(c1=O)CCCS2. The molecule has 1 aliphatic rings. The highest BCUT2D eigenvalue weighted by Crippen LogP contribution is 2.30. The number of nitriles is 1. The first kappa shape index (κ1) is 15.6. The minimum Gasteiger partial charge on any atom is -0.286 e. The fourth-order valence-corrected chi connectivity index (χ4v) is 3.18. The van der Waals surface area contributed by atoms with E-state index in [4.69, 9.17) is 0 Å². The van der Waals surface area contributed by atoms with Crippen LogP contribution in [0.5, 0.6) is 0 Å². The molecule has 0 aliphatic carbocycles. The van der Waals surface area contributed by atoms with Gasteiger partial charge < -0.3 is 0 Å². The summed E-state index contributed by atoms with van der Waals surface area (Å²) in [7, 11) is 0. The van der Waals surface area contributed by atoms with Crippen molar-refractivity contribution >= 4 is 11.8 Å². The molecule has 0 unspecified atom stereocenters. The van der Waals surface area contributed by atoms with Gasteiger partial charge >= 0.3 is 6.18 Å². The molecule has 1 aliphatic heterocycles. The summed E-state index contributed by atoms with van der Waals surface area (Å²) in [5, 5.41) is 9.70. The van der Waals surface area contributed by atoms with E-state index < -0.39 is 17.4 Å². The number of hydrogen-bond donors (Lipinski definition) is 0. The zero-order valence-electron chi connectivity index (χ0n) is 11.6. The van der Waals surface area contributed by atoms with Gasteiger partial charge in [0.05, 0.1) is 5.69 Å². The lowest BCUT2D eigenvalue weighted by Crippen LogP contribution is -2.29. The van der Waals surface area contributed by atoms with Gasteiger partial charge in [0.25, 0.3) is 5.56 Å². The van der Waals surface area contributed by atoms with Gasteiger partial charge in [-0.1, -0.05) is 11.8 Å². The van der Waals surface area contributed by atoms with Crippen molar-refractivity contribution in [2.24, 2.45) is 0 Å². The molecular formula is C14H9F3N4OS. The summed E-state index contributed by atoms with van der Waals surface area (Å²) in [6.07, 6.45) is -2.77. The van der Waals surface area contributed by atoms with Crippen molar-refractivity contribution in [3.8, 4) is 17.3 Å². The second kappa shape index (κ2) is 5.70. The Balaban J connectivity index is 2.15. The van der Waals surface area contributed by atoms with E-state index in [-0.39, 0.29) is 16.8 Å². The van der Waals surface area contributed by atoms with Crippen LogP contribution < -0.4 is 5.56 Å². The normalized spacial score (nSPS) is 14.2. The summed E-state index contributed by atoms with van der Waals surface area (Å²) in [6.45, 7) is 0.481. The Hall–Kier alpha value is -2.34. The van der Waals surface area contributed by atoms with Crippen molar-refractivity contribution < 1.29 is 13.2 Å². The van der Waals surface area contributed by atoms with Gasteiger partial charge in [-0.2, -0.15) is 18.4 Å². The quantitative estimate of drug-likeness (QED) is 0.748. The number of aromatic nitrogens is 3. The van der Waals surface area contributed by atoms with Crippen LogP contribution in [0, 0.1) is 11.3 Å². The number of rotatable bonds is 1. The Labute approximate surface area is 132 Å². The maximum Gasteiger partial charge on any atom is 0.433 e. The number of fused-ring (bicyclic) bond motifs is 1. The van der Waals surface area contributed by atoms with Gasteiger partial charge in [-0.15, -0.1) is 0 Å². The number of alkyl halides is 3. The number of halogens is 3. The topological polar surface area (TPSA) is 71.6 Å². The van der Waals surface area contributed by atoms with E-state index in [0.717, 1.165) is 24.4 Å². The molecule has 0 bridgehead atoms. The van der Waals surface area contributed by atoms with Gasteiger partial charge in [-0.05, 0) is 18.6 Å². The molecule has 9 heteroatoms. The highest BCUT2D eigenvalue weighted by Gasteiger charge is 2.32. The van der Waals surface area contributed by atoms with E-state index in [9.17, 15) is 23.2 Å². The summed E-state index contributed by atoms with van der Waals surface area (Å²) in [5.74, 6) is 0.795. The van der Waals surface area contributed by atoms with E-state index >= 15 is 0 Å². The number of hydrogen-bond acceptors (Lipinski definition) is 5. The molecule has 3 heterocycles. The van der Waals surface area contributed by atoms with Crippen molar-refractivity contribution in [1.82, 2.24) is 14.5 Å². The minimum absolute atomic E-state index is 0.0689. The first-order valence-electron chi connectivity index (χ1n) is 6.63. The molecule has 0 atom stereocenters. The third-order valence-electron chi connectivity index (χ3n) is 3.33. The zero-order chi connectivity index (χ0) is 16.6. The first-order chi connectivity index (χ1) is 10.9. The molecule has 0 aromatic carbocycles. The van der Waals surface area contributed by atoms with Gasteiger partial charge in [0.15, 0.2) is 5.16 Å². The Morgan fingerprint density at radius 2 is 2.13 bits per heavy atom. The smallest absolute Gasteiger partial charge is 0.286 e. The Bertz CT molecular complexity index is 853. The zero-order valence-corrected chi connectivity index (χ0v) is 12.4. The van der Waals surface area contributed by atoms with Crippen LogP contribution in [0.15, 0.2) is 28.3 Å². The maximum absolute atomic E-state index is 12.6. The first-order valence-corrected chi connectivity index (χ1v) is 7.61.